The number of hydrogen-bond donors (Lipinski definition) is 0. The van der Waals surface area contributed by atoms with Crippen molar-refractivity contribution in [1.29, 1.82) is 0 Å². The molecule has 8 rings (SSSR count). The van der Waals surface area contributed by atoms with E-state index in [4.69, 9.17) is 0 Å². The van der Waals surface area contributed by atoms with Crippen molar-refractivity contribution in [3.63, 3.8) is 0 Å². The molecule has 61 heavy (non-hydrogen) atoms. The Labute approximate surface area is 382 Å². The van der Waals surface area contributed by atoms with Gasteiger partial charge in [0.05, 0.1) is 0 Å². The van der Waals surface area contributed by atoms with Crippen LogP contribution in [0.1, 0.15) is 84.0 Å². The Balaban J connectivity index is 0.000000201. The van der Waals surface area contributed by atoms with Crippen LogP contribution in [0.5, 0.6) is 0 Å². The summed E-state index contributed by atoms with van der Waals surface area (Å²) in [5.74, 6) is 1.35. The van der Waals surface area contributed by atoms with Crippen LogP contribution in [0.3, 0.4) is 0 Å². The van der Waals surface area contributed by atoms with Crippen molar-refractivity contribution in [2.45, 2.75) is 89.6 Å². The zero-order valence-corrected chi connectivity index (χ0v) is 40.8. The standard InChI is InChI=1S/2C28H34NP.Fe/c2*1-21-13-8-10-18-25(21)30(26-19-11-9-14-22(26)2)27-20-12-17-24(27)28(29(3)4)23-15-6-5-7-16-23;/h2*5-11,13-16,18-19,24,27-28H,12,17,20H2,1-4H3;. The molecule has 0 N–H and O–H groups in total. The molecule has 6 atom stereocenters. The van der Waals surface area contributed by atoms with Gasteiger partial charge in [-0.2, -0.15) is 0 Å². The van der Waals surface area contributed by atoms with Crippen LogP contribution in [-0.4, -0.2) is 49.3 Å². The Hall–Kier alpha value is -3.38. The van der Waals surface area contributed by atoms with Crippen LogP contribution in [0.25, 0.3) is 0 Å². The molecule has 0 heterocycles. The van der Waals surface area contributed by atoms with E-state index in [1.807, 2.05) is 0 Å². The van der Waals surface area contributed by atoms with Gasteiger partial charge in [0.2, 0.25) is 0 Å². The topological polar surface area (TPSA) is 6.48 Å². The third kappa shape index (κ3) is 10.9. The van der Waals surface area contributed by atoms with Gasteiger partial charge < -0.3 is 9.80 Å². The van der Waals surface area contributed by atoms with Crippen LogP contribution in [-0.2, 0) is 17.1 Å². The zero-order chi connectivity index (χ0) is 42.2. The monoisotopic (exact) mass is 886 g/mol. The summed E-state index contributed by atoms with van der Waals surface area (Å²) in [7, 11) is 8.23. The molecule has 320 valence electrons. The molecule has 0 saturated heterocycles. The quantitative estimate of drug-likeness (QED) is 0.0892. The summed E-state index contributed by atoms with van der Waals surface area (Å²) in [6, 6.07) is 59.8. The Morgan fingerprint density at radius 1 is 0.377 bits per heavy atom. The summed E-state index contributed by atoms with van der Waals surface area (Å²) in [6.45, 7) is 9.20. The molecule has 2 nitrogen and oxygen atoms in total. The van der Waals surface area contributed by atoms with Crippen molar-refractivity contribution >= 4 is 37.1 Å². The Morgan fingerprint density at radius 2 is 0.639 bits per heavy atom. The summed E-state index contributed by atoms with van der Waals surface area (Å²) in [6.07, 6.45) is 7.97. The van der Waals surface area contributed by atoms with E-state index in [2.05, 4.69) is 223 Å². The molecule has 2 fully saturated rings. The maximum absolute atomic E-state index is 2.46. The Morgan fingerprint density at radius 3 is 0.902 bits per heavy atom. The minimum absolute atomic E-state index is 0. The van der Waals surface area contributed by atoms with Gasteiger partial charge in [-0.1, -0.05) is 171 Å². The van der Waals surface area contributed by atoms with Crippen LogP contribution < -0.4 is 21.2 Å². The van der Waals surface area contributed by atoms with Crippen LogP contribution in [0.15, 0.2) is 158 Å². The van der Waals surface area contributed by atoms with Crippen LogP contribution >= 0.6 is 15.8 Å². The average molecular weight is 887 g/mol. The molecular weight excluding hydrogens is 818 g/mol. The van der Waals surface area contributed by atoms with Crippen molar-refractivity contribution in [2.24, 2.45) is 11.8 Å². The number of rotatable bonds is 12. The summed E-state index contributed by atoms with van der Waals surface area (Å²) in [5, 5.41) is 6.29. The minimum atomic E-state index is -0.407. The van der Waals surface area contributed by atoms with E-state index in [9.17, 15) is 0 Å². The molecule has 6 aromatic carbocycles. The van der Waals surface area contributed by atoms with Crippen molar-refractivity contribution in [3.05, 3.63) is 191 Å². The second-order valence-electron chi connectivity index (χ2n) is 17.8. The molecule has 0 aliphatic heterocycles. The third-order valence-corrected chi connectivity index (χ3v) is 20.1. The van der Waals surface area contributed by atoms with Gasteiger partial charge in [0.1, 0.15) is 0 Å². The van der Waals surface area contributed by atoms with E-state index in [1.54, 1.807) is 21.2 Å². The maximum atomic E-state index is 2.46. The molecular formula is C56H68FeN2P2. The first-order chi connectivity index (χ1) is 29.2. The third-order valence-electron chi connectivity index (χ3n) is 13.4. The van der Waals surface area contributed by atoms with Crippen molar-refractivity contribution in [2.75, 3.05) is 28.2 Å². The first kappa shape index (κ1) is 47.1. The average Bonchev–Trinajstić information content (AvgIpc) is 3.92. The van der Waals surface area contributed by atoms with Gasteiger partial charge in [0.25, 0.3) is 0 Å². The normalized spacial score (nSPS) is 19.7. The zero-order valence-electron chi connectivity index (χ0n) is 37.9. The van der Waals surface area contributed by atoms with Gasteiger partial charge in [-0.15, -0.1) is 0 Å². The molecule has 2 saturated carbocycles. The summed E-state index contributed by atoms with van der Waals surface area (Å²) >= 11 is 0. The van der Waals surface area contributed by atoms with E-state index in [-0.39, 0.29) is 17.1 Å². The molecule has 2 aliphatic rings. The van der Waals surface area contributed by atoms with Gasteiger partial charge in [-0.3, -0.25) is 0 Å². The first-order valence-corrected chi connectivity index (χ1v) is 25.2. The summed E-state index contributed by atoms with van der Waals surface area (Å²) in [4.78, 5) is 4.92. The smallest absolute Gasteiger partial charge is 0.0376 e. The van der Waals surface area contributed by atoms with Crippen molar-refractivity contribution in [1.82, 2.24) is 9.80 Å². The molecule has 0 amide bonds. The van der Waals surface area contributed by atoms with Crippen molar-refractivity contribution in [3.8, 4) is 0 Å². The number of hydrogen-bond acceptors (Lipinski definition) is 2. The van der Waals surface area contributed by atoms with Crippen LogP contribution in [0, 0.1) is 39.5 Å². The number of benzene rings is 6. The minimum Gasteiger partial charge on any atom is -0.302 e. The molecule has 6 aromatic rings. The molecule has 6 unspecified atom stereocenters. The van der Waals surface area contributed by atoms with E-state index in [0.717, 1.165) is 0 Å². The van der Waals surface area contributed by atoms with Gasteiger partial charge in [-0.25, -0.2) is 0 Å². The molecule has 0 aromatic heterocycles. The SMILES string of the molecule is Cc1ccccc1P(c1ccccc1C)C1CCCC1C(c1ccccc1)N(C)C.Cc1ccccc1P(c1ccccc1C)C1CCCC1C(c1ccccc1)N(C)C.[Fe]. The van der Waals surface area contributed by atoms with Crippen molar-refractivity contribution < 1.29 is 17.1 Å². The largest absolute Gasteiger partial charge is 0.302 e. The summed E-state index contributed by atoms with van der Waals surface area (Å²) < 4.78 is 0. The number of aryl methyl sites for hydroxylation is 4. The van der Waals surface area contributed by atoms with Crippen LogP contribution in [0.4, 0.5) is 0 Å². The van der Waals surface area contributed by atoms with Gasteiger partial charge in [0.15, 0.2) is 0 Å². The van der Waals surface area contributed by atoms with E-state index >= 15 is 0 Å². The van der Waals surface area contributed by atoms with Gasteiger partial charge in [0, 0.05) is 29.2 Å². The van der Waals surface area contributed by atoms with E-state index < -0.39 is 15.8 Å². The summed E-state index contributed by atoms with van der Waals surface area (Å²) in [5.41, 5.74) is 10.1. The fourth-order valence-electron chi connectivity index (χ4n) is 10.8. The molecule has 5 heteroatoms. The van der Waals surface area contributed by atoms with Gasteiger partial charge in [-0.05, 0) is 175 Å². The van der Waals surface area contributed by atoms with E-state index in [1.165, 1.54) is 71.9 Å². The maximum Gasteiger partial charge on any atom is 0.0376 e. The first-order valence-electron chi connectivity index (χ1n) is 22.4. The fourth-order valence-corrected chi connectivity index (χ4v) is 17.8. The van der Waals surface area contributed by atoms with E-state index in [0.29, 0.717) is 35.2 Å². The molecule has 2 aliphatic carbocycles. The van der Waals surface area contributed by atoms with Gasteiger partial charge >= 0.3 is 0 Å². The Kier molecular flexibility index (Phi) is 17.2. The molecule has 0 spiro atoms. The fraction of sp³-hybridized carbons (Fsp3) is 0.357. The molecule has 0 bridgehead atoms. The van der Waals surface area contributed by atoms with Crippen LogP contribution in [0.2, 0.25) is 0 Å². The second kappa shape index (κ2) is 22.3. The predicted octanol–water partition coefficient (Wildman–Crippen LogP) is 12.4. The number of nitrogens with zero attached hydrogens (tertiary/aromatic N) is 2. The predicted molar refractivity (Wildman–Crippen MR) is 265 cm³/mol. The second-order valence-corrected chi connectivity index (χ2v) is 22.6. The molecule has 0 radical (unpaired) electrons. The Bertz CT molecular complexity index is 2010.